The highest BCUT2D eigenvalue weighted by Gasteiger charge is 2.24. The van der Waals surface area contributed by atoms with E-state index in [4.69, 9.17) is 9.31 Å². The molecule has 5 nitrogen and oxygen atoms in total. The smallest absolute Gasteiger partial charge is 0.504 e. The summed E-state index contributed by atoms with van der Waals surface area (Å²) in [6, 6.07) is 21.2. The van der Waals surface area contributed by atoms with Gasteiger partial charge in [0.15, 0.2) is 11.5 Å². The lowest BCUT2D eigenvalue weighted by atomic mass is 10.1. The first-order valence-corrected chi connectivity index (χ1v) is 8.05. The Hall–Kier alpha value is -3.38. The molecule has 4 rings (SSSR count). The maximum Gasteiger partial charge on any atom is 0.785 e. The SMILES string of the molecule is OB(Oc1cc2ccccc2cc1O)Oc1cc2ccccc2cc1O. The molecule has 0 aliphatic heterocycles. The van der Waals surface area contributed by atoms with E-state index < -0.39 is 7.32 Å². The summed E-state index contributed by atoms with van der Waals surface area (Å²) in [7, 11) is -1.70. The maximum atomic E-state index is 10.1. The van der Waals surface area contributed by atoms with Crippen molar-refractivity contribution in [3.63, 3.8) is 0 Å². The molecule has 0 saturated heterocycles. The van der Waals surface area contributed by atoms with E-state index >= 15 is 0 Å². The van der Waals surface area contributed by atoms with E-state index in [1.807, 2.05) is 48.5 Å². The third-order valence-electron chi connectivity index (χ3n) is 4.11. The van der Waals surface area contributed by atoms with Gasteiger partial charge in [-0.15, -0.1) is 0 Å². The zero-order chi connectivity index (χ0) is 18.1. The fourth-order valence-electron chi connectivity index (χ4n) is 2.84. The molecule has 26 heavy (non-hydrogen) atoms. The second-order valence-electron chi connectivity index (χ2n) is 5.88. The predicted molar refractivity (Wildman–Crippen MR) is 100 cm³/mol. The highest BCUT2D eigenvalue weighted by molar-refractivity contribution is 6.37. The van der Waals surface area contributed by atoms with E-state index in [0.717, 1.165) is 21.5 Å². The van der Waals surface area contributed by atoms with Crippen LogP contribution >= 0.6 is 0 Å². The van der Waals surface area contributed by atoms with Crippen LogP contribution in [0.25, 0.3) is 21.5 Å². The van der Waals surface area contributed by atoms with Gasteiger partial charge in [0, 0.05) is 0 Å². The summed E-state index contributed by atoms with van der Waals surface area (Å²) < 4.78 is 10.6. The summed E-state index contributed by atoms with van der Waals surface area (Å²) >= 11 is 0. The fraction of sp³-hybridized carbons (Fsp3) is 0. The summed E-state index contributed by atoms with van der Waals surface area (Å²) in [4.78, 5) is 0. The molecule has 0 heterocycles. The van der Waals surface area contributed by atoms with Crippen LogP contribution in [0.4, 0.5) is 0 Å². The highest BCUT2D eigenvalue weighted by atomic mass is 16.7. The molecule has 0 fully saturated rings. The second-order valence-corrected chi connectivity index (χ2v) is 5.88. The fourth-order valence-corrected chi connectivity index (χ4v) is 2.84. The van der Waals surface area contributed by atoms with Crippen LogP contribution in [0.2, 0.25) is 0 Å². The molecule has 4 aromatic carbocycles. The average Bonchev–Trinajstić information content (AvgIpc) is 2.63. The van der Waals surface area contributed by atoms with Crippen LogP contribution in [-0.2, 0) is 0 Å². The Balaban J connectivity index is 1.58. The number of phenolic OH excluding ortho intramolecular Hbond substituents is 2. The minimum atomic E-state index is -1.70. The van der Waals surface area contributed by atoms with Crippen LogP contribution in [-0.4, -0.2) is 22.6 Å². The van der Waals surface area contributed by atoms with Crippen molar-refractivity contribution in [3.8, 4) is 23.0 Å². The van der Waals surface area contributed by atoms with Gasteiger partial charge in [-0.05, 0) is 45.8 Å². The van der Waals surface area contributed by atoms with Gasteiger partial charge in [-0.25, -0.2) is 0 Å². The molecule has 0 radical (unpaired) electrons. The normalized spacial score (nSPS) is 10.8. The molecule has 4 aromatic rings. The summed E-state index contributed by atoms with van der Waals surface area (Å²) in [5.74, 6) is -0.0730. The van der Waals surface area contributed by atoms with Crippen molar-refractivity contribution in [1.29, 1.82) is 0 Å². The number of aromatic hydroxyl groups is 2. The molecule has 0 aliphatic carbocycles. The molecule has 0 spiro atoms. The van der Waals surface area contributed by atoms with Crippen molar-refractivity contribution in [3.05, 3.63) is 72.8 Å². The average molecular weight is 346 g/mol. The van der Waals surface area contributed by atoms with Crippen LogP contribution in [0.5, 0.6) is 23.0 Å². The molecule has 0 atom stereocenters. The Labute approximate surface area is 149 Å². The van der Waals surface area contributed by atoms with E-state index in [-0.39, 0.29) is 23.0 Å². The zero-order valence-electron chi connectivity index (χ0n) is 13.7. The van der Waals surface area contributed by atoms with Gasteiger partial charge in [-0.1, -0.05) is 48.5 Å². The minimum absolute atomic E-state index is 0.0801. The third-order valence-corrected chi connectivity index (χ3v) is 4.11. The largest absolute Gasteiger partial charge is 0.785 e. The van der Waals surface area contributed by atoms with E-state index in [0.29, 0.717) is 0 Å². The van der Waals surface area contributed by atoms with E-state index in [9.17, 15) is 15.2 Å². The van der Waals surface area contributed by atoms with Crippen molar-refractivity contribution < 1.29 is 24.5 Å². The quantitative estimate of drug-likeness (QED) is 0.490. The first kappa shape index (κ1) is 16.1. The van der Waals surface area contributed by atoms with Crippen LogP contribution in [0.3, 0.4) is 0 Å². The summed E-state index contributed by atoms with van der Waals surface area (Å²) in [5, 5.41) is 33.6. The monoisotopic (exact) mass is 346 g/mol. The Morgan fingerprint density at radius 2 is 0.923 bits per heavy atom. The van der Waals surface area contributed by atoms with Gasteiger partial charge >= 0.3 is 7.32 Å². The molecule has 0 aromatic heterocycles. The second kappa shape index (κ2) is 6.50. The Morgan fingerprint density at radius 3 is 1.31 bits per heavy atom. The van der Waals surface area contributed by atoms with Gasteiger partial charge in [-0.3, -0.25) is 0 Å². The number of hydrogen-bond donors (Lipinski definition) is 3. The van der Waals surface area contributed by atoms with E-state index in [1.165, 1.54) is 0 Å². The maximum absolute atomic E-state index is 10.1. The van der Waals surface area contributed by atoms with Crippen LogP contribution < -0.4 is 9.31 Å². The van der Waals surface area contributed by atoms with Gasteiger partial charge in [-0.2, -0.15) is 0 Å². The van der Waals surface area contributed by atoms with Crippen molar-refractivity contribution in [1.82, 2.24) is 0 Å². The van der Waals surface area contributed by atoms with E-state index in [2.05, 4.69) is 0 Å². The molecule has 3 N–H and O–H groups in total. The van der Waals surface area contributed by atoms with Crippen LogP contribution in [0, 0.1) is 0 Å². The van der Waals surface area contributed by atoms with E-state index in [1.54, 1.807) is 24.3 Å². The predicted octanol–water partition coefficient (Wildman–Crippen LogP) is 3.84. The standard InChI is InChI=1S/C20H15BO5/c22-17-9-13-5-1-3-7-15(13)11-19(17)25-21(24)26-20-12-16-8-4-2-6-14(16)10-18(20)23/h1-12,22-24H. The molecule has 0 aliphatic rings. The van der Waals surface area contributed by atoms with Gasteiger partial charge < -0.3 is 24.5 Å². The summed E-state index contributed by atoms with van der Waals surface area (Å²) in [6.07, 6.45) is 0. The number of phenols is 2. The first-order chi connectivity index (χ1) is 12.6. The number of rotatable bonds is 4. The first-order valence-electron chi connectivity index (χ1n) is 8.05. The van der Waals surface area contributed by atoms with Crippen molar-refractivity contribution >= 4 is 28.9 Å². The molecule has 128 valence electrons. The third kappa shape index (κ3) is 3.10. The van der Waals surface area contributed by atoms with Gasteiger partial charge in [0.1, 0.15) is 11.5 Å². The Bertz CT molecular complexity index is 1010. The number of fused-ring (bicyclic) bond motifs is 2. The molecule has 6 heteroatoms. The molecular weight excluding hydrogens is 331 g/mol. The molecule has 0 saturated carbocycles. The summed E-state index contributed by atoms with van der Waals surface area (Å²) in [5.41, 5.74) is 0. The zero-order valence-corrected chi connectivity index (χ0v) is 13.7. The van der Waals surface area contributed by atoms with Crippen molar-refractivity contribution in [2.75, 3.05) is 0 Å². The Morgan fingerprint density at radius 1 is 0.577 bits per heavy atom. The topological polar surface area (TPSA) is 79.2 Å². The number of benzene rings is 4. The van der Waals surface area contributed by atoms with Crippen LogP contribution in [0.15, 0.2) is 72.8 Å². The minimum Gasteiger partial charge on any atom is -0.504 e. The van der Waals surface area contributed by atoms with Crippen molar-refractivity contribution in [2.24, 2.45) is 0 Å². The molecule has 0 unspecified atom stereocenters. The van der Waals surface area contributed by atoms with Crippen molar-refractivity contribution in [2.45, 2.75) is 0 Å². The lowest BCUT2D eigenvalue weighted by molar-refractivity contribution is 0.284. The Kier molecular flexibility index (Phi) is 4.03. The summed E-state index contributed by atoms with van der Waals surface area (Å²) in [6.45, 7) is 0. The lowest BCUT2D eigenvalue weighted by Crippen LogP contribution is -2.29. The molecular formula is C20H15BO5. The van der Waals surface area contributed by atoms with Gasteiger partial charge in [0.2, 0.25) is 0 Å². The lowest BCUT2D eigenvalue weighted by Gasteiger charge is -2.14. The number of hydrogen-bond acceptors (Lipinski definition) is 5. The van der Waals surface area contributed by atoms with Crippen LogP contribution in [0.1, 0.15) is 0 Å². The highest BCUT2D eigenvalue weighted by Crippen LogP contribution is 2.34. The molecule has 0 bridgehead atoms. The van der Waals surface area contributed by atoms with Gasteiger partial charge in [0.05, 0.1) is 0 Å². The van der Waals surface area contributed by atoms with Gasteiger partial charge in [0.25, 0.3) is 0 Å². The molecule has 0 amide bonds.